The number of nitro groups is 1. The second-order valence-corrected chi connectivity index (χ2v) is 8.30. The lowest BCUT2D eigenvalue weighted by Crippen LogP contribution is -2.25. The van der Waals surface area contributed by atoms with Crippen LogP contribution in [0.25, 0.3) is 11.1 Å². The Morgan fingerprint density at radius 1 is 0.824 bits per heavy atom. The van der Waals surface area contributed by atoms with Gasteiger partial charge in [0, 0.05) is 24.7 Å². The Morgan fingerprint density at radius 3 is 2.09 bits per heavy atom. The van der Waals surface area contributed by atoms with Gasteiger partial charge in [-0.2, -0.15) is 0 Å². The molecule has 3 aromatic rings. The van der Waals surface area contributed by atoms with Gasteiger partial charge in [0.25, 0.3) is 5.69 Å². The van der Waals surface area contributed by atoms with E-state index in [2.05, 4.69) is 0 Å². The molecule has 1 heterocycles. The van der Waals surface area contributed by atoms with E-state index < -0.39 is 17.5 Å². The van der Waals surface area contributed by atoms with Crippen LogP contribution in [0.5, 0.6) is 0 Å². The number of anilines is 1. The second-order valence-electron chi connectivity index (χ2n) is 8.30. The third kappa shape index (κ3) is 5.49. The van der Waals surface area contributed by atoms with Crippen LogP contribution in [0, 0.1) is 10.1 Å². The first kappa shape index (κ1) is 23.2. The molecule has 0 aromatic heterocycles. The lowest BCUT2D eigenvalue weighted by molar-refractivity contribution is -0.384. The average Bonchev–Trinajstić information content (AvgIpc) is 3.17. The standard InChI is InChI=1S/C27H26N2O5/c30-26(22-12-10-21(11-13-22)20-8-4-3-5-9-20)19-34-27(31)23-14-15-24(25(18-23)29(32)33)28-16-6-1-2-7-17-28/h3-5,8-15,18H,1-2,6-7,16-17,19H2. The summed E-state index contributed by atoms with van der Waals surface area (Å²) in [7, 11) is 0. The lowest BCUT2D eigenvalue weighted by atomic mass is 10.0. The fourth-order valence-corrected chi connectivity index (χ4v) is 4.15. The van der Waals surface area contributed by atoms with Crippen molar-refractivity contribution in [2.45, 2.75) is 25.7 Å². The number of carbonyl (C=O) groups is 2. The highest BCUT2D eigenvalue weighted by atomic mass is 16.6. The molecule has 0 atom stereocenters. The van der Waals surface area contributed by atoms with Crippen molar-refractivity contribution in [3.8, 4) is 11.1 Å². The van der Waals surface area contributed by atoms with E-state index in [9.17, 15) is 19.7 Å². The third-order valence-electron chi connectivity index (χ3n) is 6.00. The van der Waals surface area contributed by atoms with E-state index in [-0.39, 0.29) is 17.0 Å². The van der Waals surface area contributed by atoms with Crippen LogP contribution in [0.15, 0.2) is 72.8 Å². The maximum atomic E-state index is 12.5. The summed E-state index contributed by atoms with van der Waals surface area (Å²) in [4.78, 5) is 38.2. The first-order valence-corrected chi connectivity index (χ1v) is 11.4. The first-order chi connectivity index (χ1) is 16.5. The number of nitrogens with zero attached hydrogens (tertiary/aromatic N) is 2. The van der Waals surface area contributed by atoms with Crippen LogP contribution in [-0.2, 0) is 4.74 Å². The number of ketones is 1. The molecule has 4 rings (SSSR count). The van der Waals surface area contributed by atoms with E-state index in [0.29, 0.717) is 11.3 Å². The summed E-state index contributed by atoms with van der Waals surface area (Å²) in [6, 6.07) is 21.2. The van der Waals surface area contributed by atoms with E-state index in [0.717, 1.165) is 49.9 Å². The summed E-state index contributed by atoms with van der Waals surface area (Å²) in [5.74, 6) is -1.11. The molecule has 7 heteroatoms. The number of hydrogen-bond donors (Lipinski definition) is 0. The molecule has 34 heavy (non-hydrogen) atoms. The van der Waals surface area contributed by atoms with Crippen LogP contribution in [0.2, 0.25) is 0 Å². The Kier molecular flexibility index (Phi) is 7.32. The highest BCUT2D eigenvalue weighted by molar-refractivity contribution is 6.00. The van der Waals surface area contributed by atoms with Crippen LogP contribution < -0.4 is 4.90 Å². The van der Waals surface area contributed by atoms with Gasteiger partial charge < -0.3 is 9.64 Å². The molecule has 1 saturated heterocycles. The molecule has 0 unspecified atom stereocenters. The molecule has 3 aromatic carbocycles. The Hall–Kier alpha value is -4.00. The topological polar surface area (TPSA) is 89.8 Å². The number of carbonyl (C=O) groups excluding carboxylic acids is 2. The zero-order chi connectivity index (χ0) is 23.9. The van der Waals surface area contributed by atoms with E-state index in [4.69, 9.17) is 4.74 Å². The molecule has 1 fully saturated rings. The van der Waals surface area contributed by atoms with Crippen molar-refractivity contribution < 1.29 is 19.2 Å². The predicted octanol–water partition coefficient (Wildman–Crippen LogP) is 5.68. The van der Waals surface area contributed by atoms with E-state index in [1.54, 1.807) is 18.2 Å². The molecule has 174 valence electrons. The van der Waals surface area contributed by atoms with Crippen molar-refractivity contribution in [1.82, 2.24) is 0 Å². The number of esters is 1. The minimum Gasteiger partial charge on any atom is -0.454 e. The number of Topliss-reactive ketones (excluding diaryl/α,β-unsaturated/α-hetero) is 1. The van der Waals surface area contributed by atoms with Gasteiger partial charge >= 0.3 is 5.97 Å². The maximum Gasteiger partial charge on any atom is 0.338 e. The van der Waals surface area contributed by atoms with Gasteiger partial charge in [0.2, 0.25) is 0 Å². The van der Waals surface area contributed by atoms with Crippen molar-refractivity contribution in [3.63, 3.8) is 0 Å². The quantitative estimate of drug-likeness (QED) is 0.196. The van der Waals surface area contributed by atoms with Crippen LogP contribution >= 0.6 is 0 Å². The predicted molar refractivity (Wildman–Crippen MR) is 130 cm³/mol. The van der Waals surface area contributed by atoms with Crippen LogP contribution in [0.1, 0.15) is 46.4 Å². The zero-order valence-electron chi connectivity index (χ0n) is 18.8. The Labute approximate surface area is 198 Å². The van der Waals surface area contributed by atoms with Crippen LogP contribution in [0.4, 0.5) is 11.4 Å². The second kappa shape index (κ2) is 10.7. The SMILES string of the molecule is O=C(COC(=O)c1ccc(N2CCCCCC2)c([N+](=O)[O-])c1)c1ccc(-c2ccccc2)cc1. The van der Waals surface area contributed by atoms with E-state index >= 15 is 0 Å². The van der Waals surface area contributed by atoms with Crippen molar-refractivity contribution in [2.75, 3.05) is 24.6 Å². The summed E-state index contributed by atoms with van der Waals surface area (Å²) < 4.78 is 5.17. The monoisotopic (exact) mass is 458 g/mol. The van der Waals surface area contributed by atoms with E-state index in [1.165, 1.54) is 12.1 Å². The highest BCUT2D eigenvalue weighted by Crippen LogP contribution is 2.31. The van der Waals surface area contributed by atoms with E-state index in [1.807, 2.05) is 47.4 Å². The Bertz CT molecular complexity index is 1170. The third-order valence-corrected chi connectivity index (χ3v) is 6.00. The van der Waals surface area contributed by atoms with Gasteiger partial charge in [-0.25, -0.2) is 4.79 Å². The fourth-order valence-electron chi connectivity index (χ4n) is 4.15. The molecule has 0 spiro atoms. The molecule has 0 N–H and O–H groups in total. The van der Waals surface area contributed by atoms with Gasteiger partial charge in [-0.15, -0.1) is 0 Å². The van der Waals surface area contributed by atoms with Crippen LogP contribution in [0.3, 0.4) is 0 Å². The van der Waals surface area contributed by atoms with Gasteiger partial charge in [0.1, 0.15) is 5.69 Å². The Morgan fingerprint density at radius 2 is 1.44 bits per heavy atom. The summed E-state index contributed by atoms with van der Waals surface area (Å²) >= 11 is 0. The van der Waals surface area contributed by atoms with Gasteiger partial charge in [-0.3, -0.25) is 14.9 Å². The molecule has 7 nitrogen and oxygen atoms in total. The minimum atomic E-state index is -0.764. The lowest BCUT2D eigenvalue weighted by Gasteiger charge is -2.22. The highest BCUT2D eigenvalue weighted by Gasteiger charge is 2.23. The zero-order valence-corrected chi connectivity index (χ0v) is 18.8. The fraction of sp³-hybridized carbons (Fsp3) is 0.259. The minimum absolute atomic E-state index is 0.0532. The largest absolute Gasteiger partial charge is 0.454 e. The molecule has 1 aliphatic heterocycles. The van der Waals surface area contributed by atoms with Crippen LogP contribution in [-0.4, -0.2) is 36.4 Å². The maximum absolute atomic E-state index is 12.5. The number of rotatable bonds is 7. The van der Waals surface area contributed by atoms with Gasteiger partial charge in [0.15, 0.2) is 12.4 Å². The molecular weight excluding hydrogens is 432 g/mol. The average molecular weight is 459 g/mol. The number of nitro benzene ring substituents is 1. The summed E-state index contributed by atoms with van der Waals surface area (Å²) in [5, 5.41) is 11.7. The molecule has 0 bridgehead atoms. The first-order valence-electron chi connectivity index (χ1n) is 11.4. The summed E-state index contributed by atoms with van der Waals surface area (Å²) in [6.07, 6.45) is 4.18. The molecular formula is C27H26N2O5. The van der Waals surface area contributed by atoms with Crippen molar-refractivity contribution in [2.24, 2.45) is 0 Å². The summed E-state index contributed by atoms with van der Waals surface area (Å²) in [5.41, 5.74) is 2.88. The number of hydrogen-bond acceptors (Lipinski definition) is 6. The van der Waals surface area contributed by atoms with Gasteiger partial charge in [0.05, 0.1) is 10.5 Å². The molecule has 0 amide bonds. The summed E-state index contributed by atoms with van der Waals surface area (Å²) in [6.45, 7) is 1.07. The molecule has 0 radical (unpaired) electrons. The van der Waals surface area contributed by atoms with Gasteiger partial charge in [-0.1, -0.05) is 67.4 Å². The van der Waals surface area contributed by atoms with Crippen molar-refractivity contribution >= 4 is 23.1 Å². The molecule has 0 aliphatic carbocycles. The van der Waals surface area contributed by atoms with Crippen molar-refractivity contribution in [3.05, 3.63) is 94.0 Å². The molecule has 0 saturated carbocycles. The Balaban J connectivity index is 1.41. The smallest absolute Gasteiger partial charge is 0.338 e. The van der Waals surface area contributed by atoms with Crippen molar-refractivity contribution in [1.29, 1.82) is 0 Å². The van der Waals surface area contributed by atoms with Gasteiger partial charge in [-0.05, 0) is 36.1 Å². The molecule has 1 aliphatic rings. The number of ether oxygens (including phenoxy) is 1. The normalized spacial score (nSPS) is 13.7. The number of benzene rings is 3.